The zero-order valence-corrected chi connectivity index (χ0v) is 18.9. The molecule has 2 atom stereocenters. The van der Waals surface area contributed by atoms with Crippen LogP contribution in [0.5, 0.6) is 0 Å². The van der Waals surface area contributed by atoms with E-state index in [1.165, 1.54) is 0 Å². The zero-order valence-electron chi connectivity index (χ0n) is 18.9. The summed E-state index contributed by atoms with van der Waals surface area (Å²) in [5.41, 5.74) is 2.21. The Hall–Kier alpha value is -3.18. The van der Waals surface area contributed by atoms with E-state index < -0.39 is 0 Å². The number of benzene rings is 1. The van der Waals surface area contributed by atoms with Crippen LogP contribution in [0.15, 0.2) is 30.5 Å². The Kier molecular flexibility index (Phi) is 8.01. The van der Waals surface area contributed by atoms with Crippen molar-refractivity contribution in [2.45, 2.75) is 33.2 Å². The molecule has 1 aromatic heterocycles. The van der Waals surface area contributed by atoms with E-state index in [-0.39, 0.29) is 31.1 Å². The Bertz CT molecular complexity index is 983. The molecule has 0 unspecified atom stereocenters. The van der Waals surface area contributed by atoms with Crippen LogP contribution in [0.3, 0.4) is 0 Å². The molecule has 0 bridgehead atoms. The van der Waals surface area contributed by atoms with Gasteiger partial charge in [-0.2, -0.15) is 5.26 Å². The van der Waals surface area contributed by atoms with Crippen molar-refractivity contribution in [1.82, 2.24) is 9.88 Å². The molecule has 170 valence electrons. The number of fused-ring (bicyclic) bond motifs is 1. The van der Waals surface area contributed by atoms with Crippen molar-refractivity contribution in [1.29, 1.82) is 5.26 Å². The van der Waals surface area contributed by atoms with Crippen LogP contribution in [0, 0.1) is 17.2 Å². The summed E-state index contributed by atoms with van der Waals surface area (Å²) in [6, 6.07) is 9.78. The van der Waals surface area contributed by atoms with Crippen LogP contribution < -0.4 is 4.90 Å². The number of hydrogen-bond donors (Lipinski definition) is 0. The third-order valence-corrected chi connectivity index (χ3v) is 5.64. The Morgan fingerprint density at radius 3 is 2.47 bits per heavy atom. The molecule has 0 radical (unpaired) electrons. The molecule has 0 N–H and O–H groups in total. The lowest BCUT2D eigenvalue weighted by atomic mass is 9.93. The van der Waals surface area contributed by atoms with Crippen LogP contribution in [0.4, 0.5) is 5.69 Å². The highest BCUT2D eigenvalue weighted by atomic mass is 16.5. The van der Waals surface area contributed by atoms with Crippen molar-refractivity contribution >= 4 is 28.5 Å². The van der Waals surface area contributed by atoms with Crippen molar-refractivity contribution in [2.75, 3.05) is 44.3 Å². The maximum Gasteiger partial charge on any atom is 0.320 e. The lowest BCUT2D eigenvalue weighted by molar-refractivity contribution is -0.149. The molecule has 1 saturated heterocycles. The molecular formula is C24H30N4O4. The van der Waals surface area contributed by atoms with E-state index in [4.69, 9.17) is 9.47 Å². The van der Waals surface area contributed by atoms with Crippen LogP contribution in [0.1, 0.15) is 32.8 Å². The van der Waals surface area contributed by atoms with E-state index in [1.807, 2.05) is 23.1 Å². The first-order valence-electron chi connectivity index (χ1n) is 11.0. The average Bonchev–Trinajstić information content (AvgIpc) is 2.77. The number of hydrogen-bond acceptors (Lipinski definition) is 8. The van der Waals surface area contributed by atoms with Gasteiger partial charge in [-0.15, -0.1) is 0 Å². The van der Waals surface area contributed by atoms with Crippen LogP contribution >= 0.6 is 0 Å². The van der Waals surface area contributed by atoms with Gasteiger partial charge in [-0.1, -0.05) is 6.92 Å². The third kappa shape index (κ3) is 5.54. The number of piperidine rings is 1. The number of rotatable bonds is 8. The van der Waals surface area contributed by atoms with Gasteiger partial charge in [0.15, 0.2) is 0 Å². The molecule has 0 saturated carbocycles. The SMILES string of the molecule is CCOC(=O)CN(CC(=O)OCC)[C@@H]1C[C@H](C)CN(c2ccc(C#N)c3ncccc23)C1. The molecule has 0 aliphatic carbocycles. The Morgan fingerprint density at radius 1 is 1.16 bits per heavy atom. The van der Waals surface area contributed by atoms with Crippen LogP contribution in [-0.4, -0.2) is 67.3 Å². The molecule has 1 fully saturated rings. The smallest absolute Gasteiger partial charge is 0.320 e. The van der Waals surface area contributed by atoms with Crippen LogP contribution in [0.2, 0.25) is 0 Å². The van der Waals surface area contributed by atoms with Gasteiger partial charge >= 0.3 is 11.9 Å². The number of esters is 2. The fourth-order valence-electron chi connectivity index (χ4n) is 4.36. The number of carbonyl (C=O) groups is 2. The van der Waals surface area contributed by atoms with Gasteiger partial charge < -0.3 is 14.4 Å². The number of ether oxygens (including phenoxy) is 2. The van der Waals surface area contributed by atoms with E-state index in [0.29, 0.717) is 36.8 Å². The zero-order chi connectivity index (χ0) is 23.1. The lowest BCUT2D eigenvalue weighted by Gasteiger charge is -2.42. The summed E-state index contributed by atoms with van der Waals surface area (Å²) in [5, 5.41) is 10.4. The van der Waals surface area contributed by atoms with Gasteiger partial charge in [-0.3, -0.25) is 19.5 Å². The molecule has 2 heterocycles. The van der Waals surface area contributed by atoms with Crippen molar-refractivity contribution in [3.63, 3.8) is 0 Å². The normalized spacial score (nSPS) is 18.4. The predicted octanol–water partition coefficient (Wildman–Crippen LogP) is 2.75. The van der Waals surface area contributed by atoms with Gasteiger partial charge in [0.05, 0.1) is 37.4 Å². The maximum absolute atomic E-state index is 12.2. The molecule has 1 aliphatic rings. The predicted molar refractivity (Wildman–Crippen MR) is 121 cm³/mol. The van der Waals surface area contributed by atoms with E-state index in [9.17, 15) is 14.9 Å². The second kappa shape index (κ2) is 10.9. The summed E-state index contributed by atoms with van der Waals surface area (Å²) in [6.45, 7) is 7.83. The van der Waals surface area contributed by atoms with Gasteiger partial charge in [-0.25, -0.2) is 0 Å². The summed E-state index contributed by atoms with van der Waals surface area (Å²) >= 11 is 0. The second-order valence-corrected chi connectivity index (χ2v) is 8.06. The minimum absolute atomic E-state index is 0.0325. The highest BCUT2D eigenvalue weighted by Gasteiger charge is 2.32. The highest BCUT2D eigenvalue weighted by molar-refractivity contribution is 5.95. The van der Waals surface area contributed by atoms with Crippen molar-refractivity contribution in [2.24, 2.45) is 5.92 Å². The fourth-order valence-corrected chi connectivity index (χ4v) is 4.36. The first-order valence-corrected chi connectivity index (χ1v) is 11.0. The molecule has 2 aromatic rings. The van der Waals surface area contributed by atoms with Gasteiger partial charge in [0.1, 0.15) is 6.07 Å². The molecule has 3 rings (SSSR count). The molecule has 8 nitrogen and oxygen atoms in total. The average molecular weight is 439 g/mol. The quantitative estimate of drug-likeness (QED) is 0.581. The van der Waals surface area contributed by atoms with E-state index in [2.05, 4.69) is 22.9 Å². The summed E-state index contributed by atoms with van der Waals surface area (Å²) in [5.74, 6) is -0.368. The number of nitriles is 1. The minimum Gasteiger partial charge on any atom is -0.465 e. The molecule has 1 aliphatic heterocycles. The fraction of sp³-hybridized carbons (Fsp3) is 0.500. The van der Waals surface area contributed by atoms with Gasteiger partial charge in [-0.05, 0) is 50.5 Å². The van der Waals surface area contributed by atoms with Gasteiger partial charge in [0.25, 0.3) is 0 Å². The van der Waals surface area contributed by atoms with E-state index >= 15 is 0 Å². The number of aromatic nitrogens is 1. The molecule has 0 amide bonds. The summed E-state index contributed by atoms with van der Waals surface area (Å²) in [6.07, 6.45) is 2.54. The second-order valence-electron chi connectivity index (χ2n) is 8.06. The molecule has 32 heavy (non-hydrogen) atoms. The first-order chi connectivity index (χ1) is 15.5. The third-order valence-electron chi connectivity index (χ3n) is 5.64. The van der Waals surface area contributed by atoms with Crippen molar-refractivity contribution in [3.05, 3.63) is 36.0 Å². The van der Waals surface area contributed by atoms with Crippen LogP contribution in [0.25, 0.3) is 10.9 Å². The highest BCUT2D eigenvalue weighted by Crippen LogP contribution is 2.32. The van der Waals surface area contributed by atoms with Gasteiger partial charge in [0, 0.05) is 36.4 Å². The van der Waals surface area contributed by atoms with Crippen molar-refractivity contribution < 1.29 is 19.1 Å². The summed E-state index contributed by atoms with van der Waals surface area (Å²) in [4.78, 5) is 33.0. The van der Waals surface area contributed by atoms with Crippen LogP contribution in [-0.2, 0) is 19.1 Å². The maximum atomic E-state index is 12.2. The Balaban J connectivity index is 1.89. The Morgan fingerprint density at radius 2 is 1.84 bits per heavy atom. The number of anilines is 1. The number of pyridine rings is 1. The number of carbonyl (C=O) groups excluding carboxylic acids is 2. The van der Waals surface area contributed by atoms with E-state index in [1.54, 1.807) is 26.1 Å². The molecular weight excluding hydrogens is 408 g/mol. The molecule has 8 heteroatoms. The monoisotopic (exact) mass is 438 g/mol. The Labute approximate surface area is 188 Å². The standard InChI is InChI=1S/C24H30N4O4/c1-4-31-22(29)15-27(16-23(30)32-5-2)19-11-17(3)13-28(14-19)21-9-8-18(12-25)24-20(21)7-6-10-26-24/h6-10,17,19H,4-5,11,13-16H2,1-3H3/t17-,19+/m0/s1. The lowest BCUT2D eigenvalue weighted by Crippen LogP contribution is -2.53. The minimum atomic E-state index is -0.352. The van der Waals surface area contributed by atoms with Crippen molar-refractivity contribution in [3.8, 4) is 6.07 Å². The molecule has 0 spiro atoms. The molecule has 1 aromatic carbocycles. The topological polar surface area (TPSA) is 95.8 Å². The largest absolute Gasteiger partial charge is 0.465 e. The van der Waals surface area contributed by atoms with Gasteiger partial charge in [0.2, 0.25) is 0 Å². The number of nitrogens with zero attached hydrogens (tertiary/aromatic N) is 4. The van der Waals surface area contributed by atoms with E-state index in [0.717, 1.165) is 24.0 Å². The first kappa shape index (κ1) is 23.5. The summed E-state index contributed by atoms with van der Waals surface area (Å²) < 4.78 is 10.3. The summed E-state index contributed by atoms with van der Waals surface area (Å²) in [7, 11) is 0.